The van der Waals surface area contributed by atoms with Gasteiger partial charge >= 0.3 is 5.97 Å². The molecule has 8 nitrogen and oxygen atoms in total. The number of piperazine rings is 1. The number of anilines is 1. The van der Waals surface area contributed by atoms with Crippen LogP contribution < -0.4 is 10.5 Å². The van der Waals surface area contributed by atoms with Crippen molar-refractivity contribution < 1.29 is 17.0 Å². The average Bonchev–Trinajstić information content (AvgIpc) is 2.79. The Morgan fingerprint density at radius 3 is 2.67 bits per heavy atom. The largest absolute Gasteiger partial charge is 0.477 e. The van der Waals surface area contributed by atoms with E-state index >= 15 is 4.39 Å². The minimum absolute atomic E-state index is 0.0471. The number of halogens is 1. The summed E-state index contributed by atoms with van der Waals surface area (Å²) in [6.45, 7) is 1.23. The number of nitrogens with zero attached hydrogens (tertiary/aromatic N) is 4. The van der Waals surface area contributed by atoms with Crippen LogP contribution in [0.2, 0.25) is 0 Å². The molecule has 0 aliphatic carbocycles. The van der Waals surface area contributed by atoms with Gasteiger partial charge in [0.05, 0.1) is 17.4 Å². The standard InChI is InChI=1S/C21H22FN5O3/c1-2-15-20(28)25-19-16(24-15)5-3-13(18(19)22)12-26-7-9-27(10-8-26)14-4-6-17(21(29)30)23-11-14/h3-6,11H,2,7-10,12H2,1H3,(H,25,28)(H,29,30)/i12D2. The normalized spacial score (nSPS) is 16.4. The van der Waals surface area contributed by atoms with Crippen LogP contribution in [0.4, 0.5) is 10.1 Å². The van der Waals surface area contributed by atoms with Crippen LogP contribution in [0.15, 0.2) is 35.3 Å². The molecular formula is C21H22FN5O3. The number of carboxylic acids is 1. The molecule has 1 aliphatic rings. The summed E-state index contributed by atoms with van der Waals surface area (Å²) < 4.78 is 32.4. The fourth-order valence-corrected chi connectivity index (χ4v) is 3.43. The highest BCUT2D eigenvalue weighted by atomic mass is 19.1. The van der Waals surface area contributed by atoms with E-state index in [4.69, 9.17) is 7.85 Å². The minimum atomic E-state index is -2.10. The summed E-state index contributed by atoms with van der Waals surface area (Å²) in [5.41, 5.74) is 0.532. The maximum absolute atomic E-state index is 15.2. The number of H-pyrrole nitrogens is 1. The van der Waals surface area contributed by atoms with Gasteiger partial charge in [-0.25, -0.2) is 19.2 Å². The zero-order chi connectivity index (χ0) is 23.0. The van der Waals surface area contributed by atoms with Crippen LogP contribution in [0.1, 0.15) is 31.4 Å². The molecule has 30 heavy (non-hydrogen) atoms. The lowest BCUT2D eigenvalue weighted by Crippen LogP contribution is -2.46. The van der Waals surface area contributed by atoms with Gasteiger partial charge < -0.3 is 15.0 Å². The molecule has 9 heteroatoms. The Hall–Kier alpha value is -3.33. The molecular weight excluding hydrogens is 389 g/mol. The van der Waals surface area contributed by atoms with Gasteiger partial charge in [0.25, 0.3) is 5.56 Å². The molecule has 3 heterocycles. The highest BCUT2D eigenvalue weighted by Crippen LogP contribution is 2.21. The van der Waals surface area contributed by atoms with Gasteiger partial charge in [-0.1, -0.05) is 13.0 Å². The number of rotatable bonds is 5. The molecule has 0 unspecified atom stereocenters. The predicted molar refractivity (Wildman–Crippen MR) is 110 cm³/mol. The van der Waals surface area contributed by atoms with E-state index in [1.54, 1.807) is 17.9 Å². The lowest BCUT2D eigenvalue weighted by Gasteiger charge is -2.36. The van der Waals surface area contributed by atoms with Crippen molar-refractivity contribution >= 4 is 22.7 Å². The zero-order valence-corrected chi connectivity index (χ0v) is 16.4. The molecule has 2 aromatic heterocycles. The van der Waals surface area contributed by atoms with E-state index in [-0.39, 0.29) is 22.3 Å². The van der Waals surface area contributed by atoms with Crippen molar-refractivity contribution in [1.82, 2.24) is 19.9 Å². The predicted octanol–water partition coefficient (Wildman–Crippen LogP) is 2.04. The number of aryl methyl sites for hydroxylation is 1. The van der Waals surface area contributed by atoms with Gasteiger partial charge in [-0.3, -0.25) is 9.69 Å². The molecule has 0 radical (unpaired) electrons. The van der Waals surface area contributed by atoms with Crippen LogP contribution >= 0.6 is 0 Å². The Bertz CT molecular complexity index is 1220. The first kappa shape index (κ1) is 17.5. The molecule has 1 aromatic carbocycles. The number of aromatic amines is 1. The Labute approximate surface area is 174 Å². The Morgan fingerprint density at radius 2 is 2.03 bits per heavy atom. The molecule has 0 spiro atoms. The molecule has 0 atom stereocenters. The number of aromatic carboxylic acids is 1. The second-order valence-corrected chi connectivity index (χ2v) is 6.98. The second-order valence-electron chi connectivity index (χ2n) is 6.98. The highest BCUT2D eigenvalue weighted by Gasteiger charge is 2.20. The van der Waals surface area contributed by atoms with Gasteiger partial charge in [0, 0.05) is 41.0 Å². The molecule has 0 bridgehead atoms. The van der Waals surface area contributed by atoms with Crippen LogP contribution in [0, 0.1) is 5.82 Å². The zero-order valence-electron chi connectivity index (χ0n) is 18.4. The monoisotopic (exact) mass is 413 g/mol. The molecule has 4 rings (SSSR count). The maximum Gasteiger partial charge on any atom is 0.354 e. The van der Waals surface area contributed by atoms with E-state index in [1.807, 2.05) is 4.90 Å². The molecule has 1 fully saturated rings. The summed E-state index contributed by atoms with van der Waals surface area (Å²) in [4.78, 5) is 37.1. The number of aromatic nitrogens is 3. The van der Waals surface area contributed by atoms with Crippen molar-refractivity contribution in [2.45, 2.75) is 19.8 Å². The van der Waals surface area contributed by atoms with Crippen LogP contribution in [-0.4, -0.2) is 57.1 Å². The maximum atomic E-state index is 15.2. The summed E-state index contributed by atoms with van der Waals surface area (Å²) in [6, 6.07) is 5.99. The summed E-state index contributed by atoms with van der Waals surface area (Å²) in [6.07, 6.45) is 1.89. The first-order valence-corrected chi connectivity index (χ1v) is 9.63. The first-order valence-electron chi connectivity index (χ1n) is 10.6. The quantitative estimate of drug-likeness (QED) is 0.660. The van der Waals surface area contributed by atoms with Gasteiger partial charge in [0.1, 0.15) is 16.9 Å². The van der Waals surface area contributed by atoms with E-state index in [0.717, 1.165) is 5.69 Å². The van der Waals surface area contributed by atoms with Gasteiger partial charge in [-0.05, 0) is 24.6 Å². The number of carboxylic acid groups (broad SMARTS) is 1. The molecule has 0 amide bonds. The smallest absolute Gasteiger partial charge is 0.354 e. The van der Waals surface area contributed by atoms with E-state index in [0.29, 0.717) is 38.3 Å². The molecule has 1 aliphatic heterocycles. The topological polar surface area (TPSA) is 102 Å². The lowest BCUT2D eigenvalue weighted by atomic mass is 10.1. The SMILES string of the molecule is [2H]C([2H])(c1ccc2nc(CC)c(=O)[nH]c2c1F)N1CCN(c2ccc(C(=O)O)nc2)CC1. The van der Waals surface area contributed by atoms with Gasteiger partial charge in [-0.2, -0.15) is 0 Å². The van der Waals surface area contributed by atoms with Crippen molar-refractivity contribution in [3.05, 3.63) is 63.6 Å². The van der Waals surface area contributed by atoms with Crippen molar-refractivity contribution in [1.29, 1.82) is 0 Å². The van der Waals surface area contributed by atoms with E-state index in [2.05, 4.69) is 15.0 Å². The van der Waals surface area contributed by atoms with Crippen LogP contribution in [0.25, 0.3) is 11.0 Å². The average molecular weight is 413 g/mol. The van der Waals surface area contributed by atoms with Gasteiger partial charge in [-0.15, -0.1) is 0 Å². The van der Waals surface area contributed by atoms with E-state index in [1.165, 1.54) is 24.4 Å². The van der Waals surface area contributed by atoms with E-state index < -0.39 is 23.8 Å². The Morgan fingerprint density at radius 1 is 1.27 bits per heavy atom. The number of hydrogen-bond donors (Lipinski definition) is 2. The fraction of sp³-hybridized carbons (Fsp3) is 0.333. The molecule has 0 saturated carbocycles. The Balaban J connectivity index is 1.55. The molecule has 2 N–H and O–H groups in total. The number of hydrogen-bond acceptors (Lipinski definition) is 6. The molecule has 156 valence electrons. The third-order valence-corrected chi connectivity index (χ3v) is 5.10. The summed E-state index contributed by atoms with van der Waals surface area (Å²) in [5.74, 6) is -1.93. The molecule has 1 saturated heterocycles. The second kappa shape index (κ2) is 8.19. The summed E-state index contributed by atoms with van der Waals surface area (Å²) in [7, 11) is 0. The minimum Gasteiger partial charge on any atom is -0.477 e. The van der Waals surface area contributed by atoms with Crippen molar-refractivity contribution in [3.8, 4) is 0 Å². The highest BCUT2D eigenvalue weighted by molar-refractivity contribution is 5.85. The van der Waals surface area contributed by atoms with Crippen molar-refractivity contribution in [2.24, 2.45) is 0 Å². The first-order chi connectivity index (χ1) is 15.2. The lowest BCUT2D eigenvalue weighted by molar-refractivity contribution is 0.0690. The van der Waals surface area contributed by atoms with Gasteiger partial charge in [0.15, 0.2) is 5.82 Å². The number of nitrogens with one attached hydrogen (secondary N) is 1. The third kappa shape index (κ3) is 3.88. The van der Waals surface area contributed by atoms with Crippen molar-refractivity contribution in [3.63, 3.8) is 0 Å². The van der Waals surface area contributed by atoms with Gasteiger partial charge in [0.2, 0.25) is 0 Å². The van der Waals surface area contributed by atoms with Crippen LogP contribution in [0.5, 0.6) is 0 Å². The molecule has 3 aromatic rings. The fourth-order valence-electron chi connectivity index (χ4n) is 3.43. The van der Waals surface area contributed by atoms with Crippen molar-refractivity contribution in [2.75, 3.05) is 31.1 Å². The number of fused-ring (bicyclic) bond motifs is 1. The number of carbonyl (C=O) groups is 1. The number of benzene rings is 1. The summed E-state index contributed by atoms with van der Waals surface area (Å²) >= 11 is 0. The summed E-state index contributed by atoms with van der Waals surface area (Å²) in [5, 5.41) is 8.97. The van der Waals surface area contributed by atoms with Crippen LogP contribution in [-0.2, 0) is 12.9 Å². The number of pyridine rings is 1. The van der Waals surface area contributed by atoms with E-state index in [9.17, 15) is 9.59 Å². The Kier molecular flexibility index (Phi) is 4.78. The third-order valence-electron chi connectivity index (χ3n) is 5.10. The van der Waals surface area contributed by atoms with Crippen LogP contribution in [0.3, 0.4) is 0 Å².